The highest BCUT2D eigenvalue weighted by molar-refractivity contribution is 5.81. The molecule has 3 rings (SSSR count). The van der Waals surface area contributed by atoms with Crippen molar-refractivity contribution in [2.75, 3.05) is 0 Å². The van der Waals surface area contributed by atoms with E-state index >= 15 is 0 Å². The van der Waals surface area contributed by atoms with Crippen LogP contribution in [0, 0.1) is 0 Å². The molecule has 3 nitrogen and oxygen atoms in total. The largest absolute Gasteiger partial charge is 0.481 e. The maximum atomic E-state index is 10.8. The van der Waals surface area contributed by atoms with Crippen LogP contribution in [-0.4, -0.2) is 15.6 Å². The van der Waals surface area contributed by atoms with Crippen molar-refractivity contribution in [1.29, 1.82) is 0 Å². The summed E-state index contributed by atoms with van der Waals surface area (Å²) < 4.78 is 2.36. The van der Waals surface area contributed by atoms with Crippen molar-refractivity contribution in [3.05, 3.63) is 36.0 Å². The molecule has 1 aliphatic carbocycles. The van der Waals surface area contributed by atoms with Crippen molar-refractivity contribution < 1.29 is 9.90 Å². The third-order valence-electron chi connectivity index (χ3n) is 4.27. The zero-order chi connectivity index (χ0) is 13.4. The number of aromatic nitrogens is 1. The summed E-state index contributed by atoms with van der Waals surface area (Å²) in [5.74, 6) is -0.673. The van der Waals surface area contributed by atoms with Crippen molar-refractivity contribution in [2.24, 2.45) is 0 Å². The van der Waals surface area contributed by atoms with Crippen LogP contribution in [0.4, 0.5) is 0 Å². The Morgan fingerprint density at radius 1 is 1.42 bits per heavy atom. The van der Waals surface area contributed by atoms with E-state index in [1.807, 2.05) is 6.92 Å². The summed E-state index contributed by atoms with van der Waals surface area (Å²) >= 11 is 0. The second-order valence-corrected chi connectivity index (χ2v) is 5.62. The molecule has 1 N–H and O–H groups in total. The molecule has 0 saturated heterocycles. The Kier molecular flexibility index (Phi) is 3.05. The van der Waals surface area contributed by atoms with Gasteiger partial charge in [-0.3, -0.25) is 4.79 Å². The van der Waals surface area contributed by atoms with Crippen molar-refractivity contribution in [3.63, 3.8) is 0 Å². The number of aliphatic carboxylic acids is 1. The van der Waals surface area contributed by atoms with Crippen LogP contribution >= 0.6 is 0 Å². The van der Waals surface area contributed by atoms with Gasteiger partial charge in [-0.2, -0.15) is 0 Å². The van der Waals surface area contributed by atoms with Crippen LogP contribution in [0.3, 0.4) is 0 Å². The molecule has 1 fully saturated rings. The highest BCUT2D eigenvalue weighted by atomic mass is 16.4. The Balaban J connectivity index is 1.96. The summed E-state index contributed by atoms with van der Waals surface area (Å²) in [6.07, 6.45) is 6.20. The van der Waals surface area contributed by atoms with Crippen LogP contribution in [0.5, 0.6) is 0 Å². The number of carbonyl (C=O) groups is 1. The molecule has 1 aromatic heterocycles. The molecule has 0 spiro atoms. The number of benzene rings is 1. The molecule has 0 bridgehead atoms. The number of carboxylic acids is 1. The predicted octanol–water partition coefficient (Wildman–Crippen LogP) is 3.94. The monoisotopic (exact) mass is 257 g/mol. The molecule has 100 valence electrons. The van der Waals surface area contributed by atoms with E-state index in [4.69, 9.17) is 5.11 Å². The van der Waals surface area contributed by atoms with Crippen LogP contribution in [0.25, 0.3) is 10.9 Å². The molecule has 1 heterocycles. The minimum absolute atomic E-state index is 0.0617. The fourth-order valence-corrected chi connectivity index (χ4v) is 2.84. The van der Waals surface area contributed by atoms with E-state index in [-0.39, 0.29) is 12.3 Å². The lowest BCUT2D eigenvalue weighted by molar-refractivity contribution is -0.137. The fraction of sp³-hybridized carbons (Fsp3) is 0.438. The number of rotatable bonds is 4. The minimum Gasteiger partial charge on any atom is -0.481 e. The van der Waals surface area contributed by atoms with Crippen molar-refractivity contribution in [2.45, 2.75) is 44.6 Å². The van der Waals surface area contributed by atoms with Crippen LogP contribution in [-0.2, 0) is 4.79 Å². The van der Waals surface area contributed by atoms with Crippen molar-refractivity contribution in [1.82, 2.24) is 4.57 Å². The summed E-state index contributed by atoms with van der Waals surface area (Å²) in [7, 11) is 0. The minimum atomic E-state index is -0.734. The molecule has 1 saturated carbocycles. The molecule has 0 amide bonds. The summed E-state index contributed by atoms with van der Waals surface area (Å²) in [6.45, 7) is 1.98. The predicted molar refractivity (Wildman–Crippen MR) is 75.5 cm³/mol. The Bertz CT molecular complexity index is 610. The van der Waals surface area contributed by atoms with Gasteiger partial charge in [0.25, 0.3) is 0 Å². The first kappa shape index (κ1) is 12.3. The molecular formula is C16H19NO2. The maximum Gasteiger partial charge on any atom is 0.303 e. The molecule has 0 radical (unpaired) electrons. The molecule has 1 aromatic carbocycles. The second-order valence-electron chi connectivity index (χ2n) is 5.62. The fourth-order valence-electron chi connectivity index (χ4n) is 2.84. The Morgan fingerprint density at radius 2 is 2.21 bits per heavy atom. The lowest BCUT2D eigenvalue weighted by atomic mass is 9.92. The van der Waals surface area contributed by atoms with E-state index in [1.165, 1.54) is 30.2 Å². The molecule has 1 atom stereocenters. The molecule has 1 unspecified atom stereocenters. The molecule has 19 heavy (non-hydrogen) atoms. The maximum absolute atomic E-state index is 10.8. The molecular weight excluding hydrogens is 238 g/mol. The summed E-state index contributed by atoms with van der Waals surface area (Å²) in [6, 6.07) is 9.13. The summed E-state index contributed by atoms with van der Waals surface area (Å²) in [4.78, 5) is 10.8. The first-order chi connectivity index (χ1) is 9.15. The van der Waals surface area contributed by atoms with E-state index in [2.05, 4.69) is 35.0 Å². The molecule has 3 heteroatoms. The standard InChI is InChI=1S/C16H19NO2/c1-11(9-16(18)19)13-6-5-12-7-8-17(15(12)10-13)14-3-2-4-14/h5-8,10-11,14H,2-4,9H2,1H3,(H,18,19). The van der Waals surface area contributed by atoms with Gasteiger partial charge in [0.1, 0.15) is 0 Å². The highest BCUT2D eigenvalue weighted by Gasteiger charge is 2.20. The molecule has 1 aliphatic rings. The van der Waals surface area contributed by atoms with E-state index in [1.54, 1.807) is 0 Å². The summed E-state index contributed by atoms with van der Waals surface area (Å²) in [5.41, 5.74) is 2.37. The van der Waals surface area contributed by atoms with Gasteiger partial charge in [-0.05, 0) is 48.3 Å². The number of carboxylic acid groups (broad SMARTS) is 1. The van der Waals surface area contributed by atoms with E-state index in [9.17, 15) is 4.79 Å². The first-order valence-electron chi connectivity index (χ1n) is 6.97. The van der Waals surface area contributed by atoms with Crippen molar-refractivity contribution >= 4 is 16.9 Å². The average molecular weight is 257 g/mol. The zero-order valence-electron chi connectivity index (χ0n) is 11.2. The van der Waals surface area contributed by atoms with Gasteiger partial charge >= 0.3 is 5.97 Å². The SMILES string of the molecule is CC(CC(=O)O)c1ccc2ccn(C3CCC3)c2c1. The number of hydrogen-bond acceptors (Lipinski definition) is 1. The van der Waals surface area contributed by atoms with Crippen LogP contribution < -0.4 is 0 Å². The third kappa shape index (κ3) is 2.25. The van der Waals surface area contributed by atoms with Crippen LogP contribution in [0.2, 0.25) is 0 Å². The molecule has 0 aliphatic heterocycles. The van der Waals surface area contributed by atoms with Crippen LogP contribution in [0.1, 0.15) is 50.1 Å². The summed E-state index contributed by atoms with van der Waals surface area (Å²) in [5, 5.41) is 10.2. The van der Waals surface area contributed by atoms with Gasteiger partial charge in [0.05, 0.1) is 6.42 Å². The van der Waals surface area contributed by atoms with Gasteiger partial charge in [0, 0.05) is 17.8 Å². The number of fused-ring (bicyclic) bond motifs is 1. The van der Waals surface area contributed by atoms with Gasteiger partial charge in [0.15, 0.2) is 0 Å². The van der Waals surface area contributed by atoms with E-state index in [0.29, 0.717) is 6.04 Å². The van der Waals surface area contributed by atoms with Gasteiger partial charge in [-0.1, -0.05) is 19.1 Å². The van der Waals surface area contributed by atoms with E-state index in [0.717, 1.165) is 5.56 Å². The quantitative estimate of drug-likeness (QED) is 0.901. The van der Waals surface area contributed by atoms with Gasteiger partial charge in [-0.25, -0.2) is 0 Å². The number of nitrogens with zero attached hydrogens (tertiary/aromatic N) is 1. The Labute approximate surface area is 112 Å². The zero-order valence-corrected chi connectivity index (χ0v) is 11.2. The van der Waals surface area contributed by atoms with Crippen molar-refractivity contribution in [3.8, 4) is 0 Å². The van der Waals surface area contributed by atoms with Crippen LogP contribution in [0.15, 0.2) is 30.5 Å². The lowest BCUT2D eigenvalue weighted by Crippen LogP contribution is -2.15. The third-order valence-corrected chi connectivity index (χ3v) is 4.27. The topological polar surface area (TPSA) is 42.2 Å². The Hall–Kier alpha value is -1.77. The van der Waals surface area contributed by atoms with Gasteiger partial charge < -0.3 is 9.67 Å². The first-order valence-corrected chi connectivity index (χ1v) is 6.97. The smallest absolute Gasteiger partial charge is 0.303 e. The molecule has 2 aromatic rings. The second kappa shape index (κ2) is 4.72. The number of hydrogen-bond donors (Lipinski definition) is 1. The lowest BCUT2D eigenvalue weighted by Gasteiger charge is -2.28. The van der Waals surface area contributed by atoms with Gasteiger partial charge in [-0.15, -0.1) is 0 Å². The van der Waals surface area contributed by atoms with Gasteiger partial charge in [0.2, 0.25) is 0 Å². The normalized spacial score (nSPS) is 17.3. The highest BCUT2D eigenvalue weighted by Crippen LogP contribution is 2.35. The van der Waals surface area contributed by atoms with E-state index < -0.39 is 5.97 Å². The average Bonchev–Trinajstić information content (AvgIpc) is 2.69. The Morgan fingerprint density at radius 3 is 2.84 bits per heavy atom.